The normalized spacial score (nSPS) is 26.0. The average molecular weight is 257 g/mol. The van der Waals surface area contributed by atoms with E-state index >= 15 is 0 Å². The second-order valence-electron chi connectivity index (χ2n) is 5.62. The van der Waals surface area contributed by atoms with Crippen LogP contribution >= 0.6 is 0 Å². The summed E-state index contributed by atoms with van der Waals surface area (Å²) in [6, 6.07) is 8.18. The predicted molar refractivity (Wildman–Crippen MR) is 76.2 cm³/mol. The number of hydrogen-bond acceptors (Lipinski definition) is 2. The second kappa shape index (κ2) is 5.08. The number of benzene rings is 1. The summed E-state index contributed by atoms with van der Waals surface area (Å²) in [4.78, 5) is 12.9. The Morgan fingerprint density at radius 2 is 1.79 bits per heavy atom. The average Bonchev–Trinajstić information content (AvgIpc) is 2.97. The number of carboxylic acid groups (broad SMARTS) is 1. The predicted octanol–water partition coefficient (Wildman–Crippen LogP) is 3.02. The van der Waals surface area contributed by atoms with E-state index in [0.717, 1.165) is 17.4 Å². The van der Waals surface area contributed by atoms with Gasteiger partial charge in [-0.05, 0) is 48.4 Å². The monoisotopic (exact) mass is 257 g/mol. The van der Waals surface area contributed by atoms with E-state index in [1.165, 1.54) is 44.1 Å². The lowest BCUT2D eigenvalue weighted by atomic mass is 10.0. The van der Waals surface area contributed by atoms with Gasteiger partial charge in [-0.2, -0.15) is 0 Å². The van der Waals surface area contributed by atoms with Crippen LogP contribution < -0.4 is 4.90 Å². The zero-order valence-electron chi connectivity index (χ0n) is 11.0. The molecular weight excluding hydrogens is 238 g/mol. The minimum Gasteiger partial charge on any atom is -0.478 e. The Balaban J connectivity index is 1.68. The highest BCUT2D eigenvalue weighted by molar-refractivity contribution is 5.85. The van der Waals surface area contributed by atoms with Crippen molar-refractivity contribution in [3.8, 4) is 0 Å². The van der Waals surface area contributed by atoms with E-state index in [4.69, 9.17) is 5.11 Å². The van der Waals surface area contributed by atoms with Crippen molar-refractivity contribution in [1.82, 2.24) is 0 Å². The number of nitrogens with zero attached hydrogens (tertiary/aromatic N) is 1. The third kappa shape index (κ3) is 2.65. The van der Waals surface area contributed by atoms with Crippen LogP contribution in [0.2, 0.25) is 0 Å². The fraction of sp³-hybridized carbons (Fsp3) is 0.438. The molecule has 1 aromatic rings. The van der Waals surface area contributed by atoms with Gasteiger partial charge >= 0.3 is 5.97 Å². The summed E-state index contributed by atoms with van der Waals surface area (Å²) in [5.41, 5.74) is 2.20. The van der Waals surface area contributed by atoms with Crippen LogP contribution in [0.15, 0.2) is 30.3 Å². The van der Waals surface area contributed by atoms with Crippen molar-refractivity contribution < 1.29 is 9.90 Å². The van der Waals surface area contributed by atoms with Crippen LogP contribution in [0.3, 0.4) is 0 Å². The van der Waals surface area contributed by atoms with Gasteiger partial charge in [-0.3, -0.25) is 0 Å². The van der Waals surface area contributed by atoms with Gasteiger partial charge in [0.15, 0.2) is 0 Å². The molecular formula is C16H19NO2. The zero-order chi connectivity index (χ0) is 13.2. The molecule has 3 heteroatoms. The summed E-state index contributed by atoms with van der Waals surface area (Å²) in [6.45, 7) is 2.38. The first kappa shape index (κ1) is 12.3. The maximum absolute atomic E-state index is 10.5. The SMILES string of the molecule is O=C(O)/C=C/c1ccc(N2CC3CCCC3C2)cc1. The van der Waals surface area contributed by atoms with Crippen molar-refractivity contribution >= 4 is 17.7 Å². The number of hydrogen-bond donors (Lipinski definition) is 1. The highest BCUT2D eigenvalue weighted by atomic mass is 16.4. The highest BCUT2D eigenvalue weighted by Gasteiger charge is 2.35. The lowest BCUT2D eigenvalue weighted by Gasteiger charge is -2.19. The Morgan fingerprint density at radius 3 is 2.37 bits per heavy atom. The first-order valence-electron chi connectivity index (χ1n) is 6.98. The Bertz CT molecular complexity index is 480. The minimum absolute atomic E-state index is 0.895. The maximum Gasteiger partial charge on any atom is 0.328 e. The van der Waals surface area contributed by atoms with Gasteiger partial charge in [-0.25, -0.2) is 4.79 Å². The van der Waals surface area contributed by atoms with Gasteiger partial charge in [0.1, 0.15) is 0 Å². The maximum atomic E-state index is 10.5. The standard InChI is InChI=1S/C16H19NO2/c18-16(19)9-6-12-4-7-15(8-5-12)17-10-13-2-1-3-14(13)11-17/h4-9,13-14H,1-3,10-11H2,(H,18,19)/b9-6+. The van der Waals surface area contributed by atoms with Crippen molar-refractivity contribution in [2.75, 3.05) is 18.0 Å². The number of rotatable bonds is 3. The van der Waals surface area contributed by atoms with E-state index in [0.29, 0.717) is 0 Å². The molecule has 2 unspecified atom stereocenters. The minimum atomic E-state index is -0.906. The summed E-state index contributed by atoms with van der Waals surface area (Å²) in [5, 5.41) is 8.60. The highest BCUT2D eigenvalue weighted by Crippen LogP contribution is 2.39. The molecule has 1 saturated heterocycles. The molecule has 2 atom stereocenters. The van der Waals surface area contributed by atoms with Gasteiger partial charge in [0.05, 0.1) is 0 Å². The van der Waals surface area contributed by atoms with Crippen molar-refractivity contribution in [1.29, 1.82) is 0 Å². The van der Waals surface area contributed by atoms with Gasteiger partial charge in [0.25, 0.3) is 0 Å². The Morgan fingerprint density at radius 1 is 1.16 bits per heavy atom. The van der Waals surface area contributed by atoms with Crippen molar-refractivity contribution in [3.05, 3.63) is 35.9 Å². The van der Waals surface area contributed by atoms with Crippen LogP contribution in [0.1, 0.15) is 24.8 Å². The number of carboxylic acids is 1. The smallest absolute Gasteiger partial charge is 0.328 e. The molecule has 0 bridgehead atoms. The lowest BCUT2D eigenvalue weighted by molar-refractivity contribution is -0.131. The molecule has 1 N–H and O–H groups in total. The Kier molecular flexibility index (Phi) is 3.28. The topological polar surface area (TPSA) is 40.5 Å². The van der Waals surface area contributed by atoms with E-state index in [-0.39, 0.29) is 0 Å². The van der Waals surface area contributed by atoms with Gasteiger partial charge < -0.3 is 10.0 Å². The molecule has 1 aromatic carbocycles. The Hall–Kier alpha value is -1.77. The van der Waals surface area contributed by atoms with Crippen LogP contribution in [0.25, 0.3) is 6.08 Å². The molecule has 1 saturated carbocycles. The molecule has 19 heavy (non-hydrogen) atoms. The van der Waals surface area contributed by atoms with Crippen LogP contribution in [0.4, 0.5) is 5.69 Å². The van der Waals surface area contributed by atoms with Crippen LogP contribution in [-0.4, -0.2) is 24.2 Å². The fourth-order valence-corrected chi connectivity index (χ4v) is 3.41. The second-order valence-corrected chi connectivity index (χ2v) is 5.62. The molecule has 1 aliphatic heterocycles. The van der Waals surface area contributed by atoms with Crippen molar-refractivity contribution in [3.63, 3.8) is 0 Å². The van der Waals surface area contributed by atoms with Crippen molar-refractivity contribution in [2.45, 2.75) is 19.3 Å². The first-order chi connectivity index (χ1) is 9.22. The summed E-state index contributed by atoms with van der Waals surface area (Å²) >= 11 is 0. The van der Waals surface area contributed by atoms with E-state index < -0.39 is 5.97 Å². The van der Waals surface area contributed by atoms with Gasteiger partial charge in [-0.15, -0.1) is 0 Å². The van der Waals surface area contributed by atoms with E-state index in [1.54, 1.807) is 6.08 Å². The van der Waals surface area contributed by atoms with Crippen LogP contribution in [0, 0.1) is 11.8 Å². The lowest BCUT2D eigenvalue weighted by Crippen LogP contribution is -2.20. The third-order valence-corrected chi connectivity index (χ3v) is 4.40. The molecule has 100 valence electrons. The summed E-state index contributed by atoms with van der Waals surface area (Å²) < 4.78 is 0. The molecule has 0 spiro atoms. The van der Waals surface area contributed by atoms with Gasteiger partial charge in [0.2, 0.25) is 0 Å². The van der Waals surface area contributed by atoms with E-state index in [1.807, 2.05) is 12.1 Å². The zero-order valence-corrected chi connectivity index (χ0v) is 11.0. The quantitative estimate of drug-likeness (QED) is 0.846. The molecule has 0 amide bonds. The van der Waals surface area contributed by atoms with E-state index in [9.17, 15) is 4.79 Å². The first-order valence-corrected chi connectivity index (χ1v) is 6.98. The molecule has 1 heterocycles. The number of fused-ring (bicyclic) bond motifs is 1. The summed E-state index contributed by atoms with van der Waals surface area (Å²) in [5.74, 6) is 0.884. The van der Waals surface area contributed by atoms with Crippen LogP contribution in [0.5, 0.6) is 0 Å². The Labute approximate surface area is 113 Å². The molecule has 1 aliphatic carbocycles. The van der Waals surface area contributed by atoms with Crippen LogP contribution in [-0.2, 0) is 4.79 Å². The third-order valence-electron chi connectivity index (χ3n) is 4.40. The molecule has 2 aliphatic rings. The van der Waals surface area contributed by atoms with Crippen molar-refractivity contribution in [2.24, 2.45) is 11.8 Å². The van der Waals surface area contributed by atoms with Gasteiger partial charge in [0, 0.05) is 24.9 Å². The molecule has 2 fully saturated rings. The summed E-state index contributed by atoms with van der Waals surface area (Å²) in [6.07, 6.45) is 6.99. The van der Waals surface area contributed by atoms with E-state index in [2.05, 4.69) is 17.0 Å². The number of aliphatic carboxylic acids is 1. The fourth-order valence-electron chi connectivity index (χ4n) is 3.41. The number of anilines is 1. The molecule has 3 nitrogen and oxygen atoms in total. The largest absolute Gasteiger partial charge is 0.478 e. The molecule has 3 rings (SSSR count). The van der Waals surface area contributed by atoms with Gasteiger partial charge in [-0.1, -0.05) is 18.6 Å². The molecule has 0 radical (unpaired) electrons. The number of carbonyl (C=O) groups is 1. The summed E-state index contributed by atoms with van der Waals surface area (Å²) in [7, 11) is 0. The molecule has 0 aromatic heterocycles.